The van der Waals surface area contributed by atoms with E-state index in [-0.39, 0.29) is 24.9 Å². The summed E-state index contributed by atoms with van der Waals surface area (Å²) in [7, 11) is 0. The average Bonchev–Trinajstić information content (AvgIpc) is 2.87. The van der Waals surface area contributed by atoms with Crippen molar-refractivity contribution in [2.45, 2.75) is 32.7 Å². The van der Waals surface area contributed by atoms with Crippen LogP contribution in [0.25, 0.3) is 0 Å². The van der Waals surface area contributed by atoms with Crippen molar-refractivity contribution in [3.8, 4) is 0 Å². The maximum absolute atomic E-state index is 12.6. The summed E-state index contributed by atoms with van der Waals surface area (Å²) in [6, 6.07) is 2.49. The molecule has 0 fully saturated rings. The lowest BCUT2D eigenvalue weighted by atomic mass is 10.1. The Hall–Kier alpha value is -1.60. The van der Waals surface area contributed by atoms with Gasteiger partial charge in [0.25, 0.3) is 0 Å². The molecule has 0 saturated heterocycles. The van der Waals surface area contributed by atoms with Crippen molar-refractivity contribution in [1.29, 1.82) is 0 Å². The molecule has 1 aromatic rings. The van der Waals surface area contributed by atoms with Crippen molar-refractivity contribution in [2.75, 3.05) is 13.1 Å². The van der Waals surface area contributed by atoms with E-state index in [4.69, 9.17) is 16.7 Å². The molecule has 2 N–H and O–H groups in total. The smallest absolute Gasteiger partial charge is 0.326 e. The second kappa shape index (κ2) is 8.14. The lowest BCUT2D eigenvalue weighted by molar-refractivity contribution is -0.149. The molecule has 0 radical (unpaired) electrons. The lowest BCUT2D eigenvalue weighted by Gasteiger charge is -2.29. The average molecular weight is 347 g/mol. The van der Waals surface area contributed by atoms with Crippen LogP contribution < -0.4 is 5.32 Å². The summed E-state index contributed by atoms with van der Waals surface area (Å²) in [6.45, 7) is 4.86. The molecule has 6 nitrogen and oxygen atoms in total. The fourth-order valence-electron chi connectivity index (χ4n) is 1.91. The van der Waals surface area contributed by atoms with E-state index in [2.05, 4.69) is 5.32 Å². The number of carbonyl (C=O) groups is 3. The second-order valence-corrected chi connectivity index (χ2v) is 6.64. The van der Waals surface area contributed by atoms with Crippen LogP contribution in [0.3, 0.4) is 0 Å². The highest BCUT2D eigenvalue weighted by atomic mass is 35.5. The van der Waals surface area contributed by atoms with Crippen molar-refractivity contribution >= 4 is 40.7 Å². The summed E-state index contributed by atoms with van der Waals surface area (Å²) in [4.78, 5) is 36.7. The topological polar surface area (TPSA) is 86.7 Å². The zero-order valence-electron chi connectivity index (χ0n) is 12.6. The first kappa shape index (κ1) is 18.4. The van der Waals surface area contributed by atoms with Gasteiger partial charge in [-0.2, -0.15) is 0 Å². The van der Waals surface area contributed by atoms with E-state index in [0.717, 1.165) is 4.88 Å². The lowest BCUT2D eigenvalue weighted by Crippen LogP contribution is -2.48. The maximum Gasteiger partial charge on any atom is 0.326 e. The van der Waals surface area contributed by atoms with Gasteiger partial charge in [-0.1, -0.05) is 11.6 Å². The molecule has 0 bridgehead atoms. The predicted octanol–water partition coefficient (Wildman–Crippen LogP) is 1.94. The van der Waals surface area contributed by atoms with Crippen LogP contribution in [0, 0.1) is 0 Å². The normalized spacial score (nSPS) is 13.3. The zero-order valence-corrected chi connectivity index (χ0v) is 14.2. The Morgan fingerprint density at radius 1 is 1.36 bits per heavy atom. The van der Waals surface area contributed by atoms with E-state index >= 15 is 0 Å². The van der Waals surface area contributed by atoms with Crippen LogP contribution in [-0.2, 0) is 14.4 Å². The van der Waals surface area contributed by atoms with Gasteiger partial charge >= 0.3 is 5.97 Å². The molecule has 1 aromatic heterocycles. The highest BCUT2D eigenvalue weighted by Crippen LogP contribution is 2.29. The number of rotatable bonds is 7. The fourth-order valence-corrected chi connectivity index (χ4v) is 3.02. The number of carboxylic acids is 1. The Labute approximate surface area is 138 Å². The molecule has 2 unspecified atom stereocenters. The van der Waals surface area contributed by atoms with Gasteiger partial charge in [0.2, 0.25) is 11.8 Å². The second-order valence-electron chi connectivity index (χ2n) is 4.89. The number of hydrogen-bond acceptors (Lipinski definition) is 4. The van der Waals surface area contributed by atoms with Crippen LogP contribution in [-0.4, -0.2) is 46.9 Å². The number of amides is 2. The van der Waals surface area contributed by atoms with Gasteiger partial charge < -0.3 is 15.3 Å². The Morgan fingerprint density at radius 2 is 2.00 bits per heavy atom. The van der Waals surface area contributed by atoms with Gasteiger partial charge in [0.1, 0.15) is 6.04 Å². The molecule has 2 amide bonds. The van der Waals surface area contributed by atoms with Gasteiger partial charge in [0, 0.05) is 24.9 Å². The molecular formula is C14H19ClN2O4S. The summed E-state index contributed by atoms with van der Waals surface area (Å²) < 4.78 is 0.575. The summed E-state index contributed by atoms with van der Waals surface area (Å²) in [5, 5.41) is 11.7. The summed E-state index contributed by atoms with van der Waals surface area (Å²) in [5.41, 5.74) is 0. The molecule has 122 valence electrons. The number of halogens is 1. The highest BCUT2D eigenvalue weighted by Gasteiger charge is 2.30. The third kappa shape index (κ3) is 4.99. The summed E-state index contributed by atoms with van der Waals surface area (Å²) >= 11 is 7.16. The first-order valence-corrected chi connectivity index (χ1v) is 7.96. The fraction of sp³-hybridized carbons (Fsp3) is 0.500. The van der Waals surface area contributed by atoms with Crippen molar-refractivity contribution in [3.05, 3.63) is 21.3 Å². The molecule has 0 aliphatic carbocycles. The molecule has 0 saturated carbocycles. The minimum atomic E-state index is -1.09. The van der Waals surface area contributed by atoms with Crippen molar-refractivity contribution in [1.82, 2.24) is 10.2 Å². The van der Waals surface area contributed by atoms with Crippen LogP contribution >= 0.6 is 22.9 Å². The molecule has 0 spiro atoms. The van der Waals surface area contributed by atoms with E-state index in [1.54, 1.807) is 19.1 Å². The van der Waals surface area contributed by atoms with Crippen LogP contribution in [0.4, 0.5) is 0 Å². The van der Waals surface area contributed by atoms with Gasteiger partial charge in [0.05, 0.1) is 10.3 Å². The van der Waals surface area contributed by atoms with Gasteiger partial charge in [0.15, 0.2) is 0 Å². The Morgan fingerprint density at radius 3 is 2.45 bits per heavy atom. The molecule has 2 atom stereocenters. The van der Waals surface area contributed by atoms with Crippen LogP contribution in [0.5, 0.6) is 0 Å². The van der Waals surface area contributed by atoms with E-state index in [1.807, 2.05) is 0 Å². The summed E-state index contributed by atoms with van der Waals surface area (Å²) in [6.07, 6.45) is 0. The number of nitrogens with zero attached hydrogens (tertiary/aromatic N) is 1. The van der Waals surface area contributed by atoms with Gasteiger partial charge in [-0.3, -0.25) is 9.59 Å². The molecule has 1 heterocycles. The minimum absolute atomic E-state index is 0.134. The molecule has 0 aromatic carbocycles. The highest BCUT2D eigenvalue weighted by molar-refractivity contribution is 7.16. The van der Waals surface area contributed by atoms with Crippen molar-refractivity contribution in [2.24, 2.45) is 0 Å². The third-order valence-corrected chi connectivity index (χ3v) is 4.64. The van der Waals surface area contributed by atoms with Crippen LogP contribution in [0.1, 0.15) is 31.6 Å². The Kier molecular flexibility index (Phi) is 6.83. The maximum atomic E-state index is 12.6. The van der Waals surface area contributed by atoms with E-state index in [1.165, 1.54) is 30.1 Å². The first-order chi connectivity index (χ1) is 10.2. The number of aliphatic carboxylic acids is 1. The Bertz CT molecular complexity index is 561. The predicted molar refractivity (Wildman–Crippen MR) is 85.2 cm³/mol. The molecular weight excluding hydrogens is 328 g/mol. The van der Waals surface area contributed by atoms with Crippen molar-refractivity contribution in [3.63, 3.8) is 0 Å². The SMILES string of the molecule is CC(=O)NCCN(C(=O)C(C)c1ccc(Cl)s1)C(C)C(=O)O. The number of thiophene rings is 1. The minimum Gasteiger partial charge on any atom is -0.480 e. The molecule has 0 aliphatic rings. The number of nitrogens with one attached hydrogen (secondary N) is 1. The Balaban J connectivity index is 2.86. The zero-order chi connectivity index (χ0) is 16.9. The van der Waals surface area contributed by atoms with E-state index in [9.17, 15) is 14.4 Å². The number of carbonyl (C=O) groups excluding carboxylic acids is 2. The quantitative estimate of drug-likeness (QED) is 0.790. The van der Waals surface area contributed by atoms with Crippen LogP contribution in [0.2, 0.25) is 4.34 Å². The number of carboxylic acid groups (broad SMARTS) is 1. The van der Waals surface area contributed by atoms with E-state index < -0.39 is 17.9 Å². The largest absolute Gasteiger partial charge is 0.480 e. The van der Waals surface area contributed by atoms with Gasteiger partial charge in [-0.25, -0.2) is 4.79 Å². The summed E-state index contributed by atoms with van der Waals surface area (Å²) in [5.74, 6) is -2.11. The molecule has 22 heavy (non-hydrogen) atoms. The molecule has 0 aliphatic heterocycles. The number of hydrogen-bond donors (Lipinski definition) is 2. The van der Waals surface area contributed by atoms with Crippen molar-refractivity contribution < 1.29 is 19.5 Å². The monoisotopic (exact) mass is 346 g/mol. The van der Waals surface area contributed by atoms with E-state index in [0.29, 0.717) is 4.34 Å². The molecule has 8 heteroatoms. The van der Waals surface area contributed by atoms with Gasteiger partial charge in [-0.05, 0) is 26.0 Å². The first-order valence-electron chi connectivity index (χ1n) is 6.77. The van der Waals surface area contributed by atoms with Crippen LogP contribution in [0.15, 0.2) is 12.1 Å². The van der Waals surface area contributed by atoms with Gasteiger partial charge in [-0.15, -0.1) is 11.3 Å². The molecule has 1 rings (SSSR count). The standard InChI is InChI=1S/C14H19ClN2O4S/c1-8(11-4-5-12(15)22-11)13(19)17(9(2)14(20)21)7-6-16-10(3)18/h4-5,8-9H,6-7H2,1-3H3,(H,16,18)(H,20,21). The third-order valence-electron chi connectivity index (χ3n) is 3.23.